The van der Waals surface area contributed by atoms with E-state index in [-0.39, 0.29) is 24.5 Å². The number of ether oxygens (including phenoxy) is 2. The molecular weight excluding hydrogens is 320 g/mol. The highest BCUT2D eigenvalue weighted by Crippen LogP contribution is 2.28. The van der Waals surface area contributed by atoms with E-state index >= 15 is 0 Å². The second-order valence-corrected chi connectivity index (χ2v) is 5.74. The van der Waals surface area contributed by atoms with Crippen LogP contribution in [0.25, 0.3) is 0 Å². The molecular formula is C19H20N2O4. The van der Waals surface area contributed by atoms with Gasteiger partial charge in [0, 0.05) is 5.56 Å². The van der Waals surface area contributed by atoms with Crippen LogP contribution in [0, 0.1) is 0 Å². The number of carbonyl (C=O) groups excluding carboxylic acids is 2. The lowest BCUT2D eigenvalue weighted by Crippen LogP contribution is -2.28. The van der Waals surface area contributed by atoms with Crippen molar-refractivity contribution in [2.75, 3.05) is 18.5 Å². The summed E-state index contributed by atoms with van der Waals surface area (Å²) in [5, 5.41) is 5.66. The monoisotopic (exact) mass is 340 g/mol. The number of amides is 2. The molecule has 6 nitrogen and oxygen atoms in total. The molecule has 1 unspecified atom stereocenters. The van der Waals surface area contributed by atoms with Crippen LogP contribution < -0.4 is 20.1 Å². The van der Waals surface area contributed by atoms with E-state index in [0.29, 0.717) is 23.6 Å². The molecule has 25 heavy (non-hydrogen) atoms. The number of nitrogens with one attached hydrogen (secondary N) is 2. The molecule has 1 heterocycles. The summed E-state index contributed by atoms with van der Waals surface area (Å²) in [5.74, 6) is 0.901. The highest BCUT2D eigenvalue weighted by Gasteiger charge is 2.18. The van der Waals surface area contributed by atoms with E-state index < -0.39 is 0 Å². The van der Waals surface area contributed by atoms with Gasteiger partial charge in [-0.1, -0.05) is 12.1 Å². The van der Waals surface area contributed by atoms with Gasteiger partial charge in [-0.25, -0.2) is 0 Å². The molecule has 0 spiro atoms. The van der Waals surface area contributed by atoms with Crippen LogP contribution in [0.15, 0.2) is 42.5 Å². The maximum Gasteiger partial charge on any atom is 0.262 e. The van der Waals surface area contributed by atoms with Crippen molar-refractivity contribution in [3.63, 3.8) is 0 Å². The van der Waals surface area contributed by atoms with Gasteiger partial charge in [0.2, 0.25) is 0 Å². The molecule has 1 atom stereocenters. The van der Waals surface area contributed by atoms with Gasteiger partial charge in [-0.3, -0.25) is 9.59 Å². The van der Waals surface area contributed by atoms with Crippen LogP contribution in [-0.2, 0) is 4.79 Å². The molecule has 1 aliphatic rings. The number of carbonyl (C=O) groups is 2. The number of hydrogen-bond donors (Lipinski definition) is 2. The minimum Gasteiger partial charge on any atom is -0.494 e. The first-order valence-corrected chi connectivity index (χ1v) is 8.17. The Hall–Kier alpha value is -3.02. The molecule has 0 saturated heterocycles. The molecule has 0 aliphatic carbocycles. The van der Waals surface area contributed by atoms with Crippen molar-refractivity contribution in [2.24, 2.45) is 0 Å². The first-order chi connectivity index (χ1) is 12.1. The minimum absolute atomic E-state index is 0.0410. The molecule has 3 rings (SSSR count). The summed E-state index contributed by atoms with van der Waals surface area (Å²) in [6, 6.07) is 12.4. The zero-order valence-corrected chi connectivity index (χ0v) is 14.2. The number of hydrogen-bond acceptors (Lipinski definition) is 4. The molecule has 2 aromatic carbocycles. The highest BCUT2D eigenvalue weighted by molar-refractivity contribution is 5.99. The summed E-state index contributed by atoms with van der Waals surface area (Å²) in [5.41, 5.74) is 2.04. The summed E-state index contributed by atoms with van der Waals surface area (Å²) in [6.45, 7) is 4.43. The largest absolute Gasteiger partial charge is 0.494 e. The molecule has 0 fully saturated rings. The standard InChI is InChI=1S/C19H20N2O4/c1-3-24-15-7-4-13(5-8-15)12(2)20-19(23)14-6-9-16-17(10-14)25-11-18(22)21-16/h4-10,12H,3,11H2,1-2H3,(H,20,23)(H,21,22). The Morgan fingerprint density at radius 1 is 1.28 bits per heavy atom. The van der Waals surface area contributed by atoms with Gasteiger partial charge in [0.25, 0.3) is 11.8 Å². The van der Waals surface area contributed by atoms with Crippen molar-refractivity contribution in [1.82, 2.24) is 5.32 Å². The average Bonchev–Trinajstić information content (AvgIpc) is 2.62. The number of benzene rings is 2. The van der Waals surface area contributed by atoms with E-state index in [1.807, 2.05) is 38.1 Å². The third-order valence-corrected chi connectivity index (χ3v) is 3.92. The van der Waals surface area contributed by atoms with Crippen molar-refractivity contribution < 1.29 is 19.1 Å². The molecule has 0 radical (unpaired) electrons. The Bertz CT molecular complexity index is 787. The van der Waals surface area contributed by atoms with Crippen LogP contribution in [0.5, 0.6) is 11.5 Å². The van der Waals surface area contributed by atoms with E-state index in [9.17, 15) is 9.59 Å². The van der Waals surface area contributed by atoms with E-state index in [4.69, 9.17) is 9.47 Å². The van der Waals surface area contributed by atoms with Gasteiger partial charge in [0.1, 0.15) is 11.5 Å². The van der Waals surface area contributed by atoms with Crippen molar-refractivity contribution in [1.29, 1.82) is 0 Å². The Kier molecular flexibility index (Phi) is 4.88. The van der Waals surface area contributed by atoms with Gasteiger partial charge in [0.15, 0.2) is 6.61 Å². The lowest BCUT2D eigenvalue weighted by molar-refractivity contribution is -0.118. The summed E-state index contributed by atoms with van der Waals surface area (Å²) in [6.07, 6.45) is 0. The molecule has 0 aromatic heterocycles. The Morgan fingerprint density at radius 2 is 2.04 bits per heavy atom. The quantitative estimate of drug-likeness (QED) is 0.877. The molecule has 2 amide bonds. The fraction of sp³-hybridized carbons (Fsp3) is 0.263. The summed E-state index contributed by atoms with van der Waals surface area (Å²) in [4.78, 5) is 23.8. The second-order valence-electron chi connectivity index (χ2n) is 5.74. The van der Waals surface area contributed by atoms with Crippen LogP contribution in [0.2, 0.25) is 0 Å². The van der Waals surface area contributed by atoms with Gasteiger partial charge < -0.3 is 20.1 Å². The third-order valence-electron chi connectivity index (χ3n) is 3.92. The third kappa shape index (κ3) is 3.91. The Labute approximate surface area is 146 Å². The molecule has 1 aliphatic heterocycles. The van der Waals surface area contributed by atoms with Crippen LogP contribution in [0.3, 0.4) is 0 Å². The Balaban J connectivity index is 1.68. The number of fused-ring (bicyclic) bond motifs is 1. The summed E-state index contributed by atoms with van der Waals surface area (Å²) in [7, 11) is 0. The van der Waals surface area contributed by atoms with Crippen LogP contribution >= 0.6 is 0 Å². The zero-order chi connectivity index (χ0) is 17.8. The van der Waals surface area contributed by atoms with Gasteiger partial charge in [-0.2, -0.15) is 0 Å². The molecule has 130 valence electrons. The van der Waals surface area contributed by atoms with Crippen LogP contribution in [-0.4, -0.2) is 25.0 Å². The maximum absolute atomic E-state index is 12.5. The summed E-state index contributed by atoms with van der Waals surface area (Å²) >= 11 is 0. The van der Waals surface area contributed by atoms with Crippen molar-refractivity contribution in [3.05, 3.63) is 53.6 Å². The number of rotatable bonds is 5. The van der Waals surface area contributed by atoms with Gasteiger partial charge in [-0.05, 0) is 49.7 Å². The van der Waals surface area contributed by atoms with E-state index in [1.54, 1.807) is 18.2 Å². The average molecular weight is 340 g/mol. The fourth-order valence-electron chi connectivity index (χ4n) is 2.60. The second kappa shape index (κ2) is 7.25. The van der Waals surface area contributed by atoms with Gasteiger partial charge in [0.05, 0.1) is 18.3 Å². The minimum atomic E-state index is -0.204. The highest BCUT2D eigenvalue weighted by atomic mass is 16.5. The normalized spacial score (nSPS) is 13.9. The predicted molar refractivity (Wildman–Crippen MR) is 94.1 cm³/mol. The van der Waals surface area contributed by atoms with E-state index in [1.165, 1.54) is 0 Å². The van der Waals surface area contributed by atoms with E-state index in [0.717, 1.165) is 11.3 Å². The maximum atomic E-state index is 12.5. The molecule has 2 N–H and O–H groups in total. The molecule has 0 bridgehead atoms. The van der Waals surface area contributed by atoms with Crippen molar-refractivity contribution in [2.45, 2.75) is 19.9 Å². The molecule has 0 saturated carbocycles. The van der Waals surface area contributed by atoms with Gasteiger partial charge in [-0.15, -0.1) is 0 Å². The molecule has 2 aromatic rings. The van der Waals surface area contributed by atoms with E-state index in [2.05, 4.69) is 10.6 Å². The Morgan fingerprint density at radius 3 is 2.76 bits per heavy atom. The van der Waals surface area contributed by atoms with Crippen LogP contribution in [0.4, 0.5) is 5.69 Å². The summed E-state index contributed by atoms with van der Waals surface area (Å²) < 4.78 is 10.8. The fourth-order valence-corrected chi connectivity index (χ4v) is 2.60. The van der Waals surface area contributed by atoms with Crippen molar-refractivity contribution >= 4 is 17.5 Å². The van der Waals surface area contributed by atoms with Crippen molar-refractivity contribution in [3.8, 4) is 11.5 Å². The topological polar surface area (TPSA) is 76.7 Å². The zero-order valence-electron chi connectivity index (χ0n) is 14.2. The first kappa shape index (κ1) is 16.8. The predicted octanol–water partition coefficient (Wildman–Crippen LogP) is 2.91. The smallest absolute Gasteiger partial charge is 0.262 e. The first-order valence-electron chi connectivity index (χ1n) is 8.17. The van der Waals surface area contributed by atoms with Gasteiger partial charge >= 0.3 is 0 Å². The molecule has 6 heteroatoms. The van der Waals surface area contributed by atoms with Crippen LogP contribution in [0.1, 0.15) is 35.8 Å². The lowest BCUT2D eigenvalue weighted by atomic mass is 10.1. The SMILES string of the molecule is CCOc1ccc(C(C)NC(=O)c2ccc3c(c2)OCC(=O)N3)cc1. The number of anilines is 1. The lowest BCUT2D eigenvalue weighted by Gasteiger charge is -2.19.